The van der Waals surface area contributed by atoms with Crippen molar-refractivity contribution in [1.82, 2.24) is 15.1 Å². The molecule has 1 amide bonds. The molecule has 2 aliphatic rings. The van der Waals surface area contributed by atoms with Crippen molar-refractivity contribution in [2.75, 3.05) is 26.3 Å². The van der Waals surface area contributed by atoms with E-state index in [1.165, 1.54) is 17.5 Å². The molecule has 1 saturated heterocycles. The van der Waals surface area contributed by atoms with Gasteiger partial charge in [-0.1, -0.05) is 6.07 Å². The Morgan fingerprint density at radius 3 is 3.04 bits per heavy atom. The van der Waals surface area contributed by atoms with Crippen molar-refractivity contribution in [1.29, 1.82) is 0 Å². The lowest BCUT2D eigenvalue weighted by molar-refractivity contribution is -0.142. The van der Waals surface area contributed by atoms with Crippen molar-refractivity contribution in [3.63, 3.8) is 0 Å². The Labute approximate surface area is 145 Å². The van der Waals surface area contributed by atoms with Crippen LogP contribution in [0.1, 0.15) is 35.4 Å². The fourth-order valence-corrected chi connectivity index (χ4v) is 3.34. The number of hydrogen-bond acceptors (Lipinski definition) is 6. The van der Waals surface area contributed by atoms with Crippen LogP contribution in [-0.4, -0.2) is 47.3 Å². The van der Waals surface area contributed by atoms with E-state index >= 15 is 0 Å². The molecule has 4 rings (SSSR count). The van der Waals surface area contributed by atoms with Gasteiger partial charge in [-0.05, 0) is 42.5 Å². The maximum Gasteiger partial charge on any atom is 0.260 e. The third kappa shape index (κ3) is 3.51. The fourth-order valence-electron chi connectivity index (χ4n) is 3.34. The lowest BCUT2D eigenvalue weighted by Gasteiger charge is -2.31. The number of carbonyl (C=O) groups is 1. The maximum atomic E-state index is 12.5. The molecule has 0 bridgehead atoms. The molecular weight excluding hydrogens is 322 g/mol. The number of rotatable bonds is 4. The van der Waals surface area contributed by atoms with Gasteiger partial charge in [-0.25, -0.2) is 0 Å². The van der Waals surface area contributed by atoms with Gasteiger partial charge in [-0.2, -0.15) is 0 Å². The Morgan fingerprint density at radius 2 is 2.20 bits per heavy atom. The highest BCUT2D eigenvalue weighted by Crippen LogP contribution is 2.26. The first kappa shape index (κ1) is 16.1. The van der Waals surface area contributed by atoms with Crippen molar-refractivity contribution in [2.24, 2.45) is 0 Å². The van der Waals surface area contributed by atoms with Crippen LogP contribution in [0.25, 0.3) is 0 Å². The molecule has 0 unspecified atom stereocenters. The minimum Gasteiger partial charge on any atom is -0.484 e. The third-order valence-corrected chi connectivity index (χ3v) is 4.67. The summed E-state index contributed by atoms with van der Waals surface area (Å²) in [4.78, 5) is 14.2. The molecule has 132 valence electrons. The van der Waals surface area contributed by atoms with Gasteiger partial charge in [0.1, 0.15) is 5.75 Å². The first-order valence-corrected chi connectivity index (χ1v) is 8.63. The van der Waals surface area contributed by atoms with E-state index in [-0.39, 0.29) is 18.6 Å². The third-order valence-electron chi connectivity index (χ3n) is 4.67. The quantitative estimate of drug-likeness (QED) is 0.843. The lowest BCUT2D eigenvalue weighted by Crippen LogP contribution is -2.44. The maximum absolute atomic E-state index is 12.5. The number of amides is 1. The van der Waals surface area contributed by atoms with E-state index < -0.39 is 0 Å². The molecule has 0 spiro atoms. The van der Waals surface area contributed by atoms with Crippen molar-refractivity contribution >= 4 is 5.91 Å². The van der Waals surface area contributed by atoms with Gasteiger partial charge >= 0.3 is 0 Å². The second-order valence-electron chi connectivity index (χ2n) is 6.43. The van der Waals surface area contributed by atoms with E-state index in [4.69, 9.17) is 13.9 Å². The van der Waals surface area contributed by atoms with Crippen LogP contribution in [0.5, 0.6) is 5.75 Å². The fraction of sp³-hybridized carbons (Fsp3) is 0.500. The molecule has 0 saturated carbocycles. The van der Waals surface area contributed by atoms with Crippen molar-refractivity contribution in [3.05, 3.63) is 41.1 Å². The van der Waals surface area contributed by atoms with Crippen molar-refractivity contribution < 1.29 is 18.7 Å². The van der Waals surface area contributed by atoms with Crippen LogP contribution in [0.15, 0.2) is 22.6 Å². The summed E-state index contributed by atoms with van der Waals surface area (Å²) in [5.74, 6) is 1.59. The van der Waals surface area contributed by atoms with Gasteiger partial charge in [0.05, 0.1) is 13.2 Å². The predicted octanol–water partition coefficient (Wildman–Crippen LogP) is 1.85. The molecule has 1 aliphatic heterocycles. The monoisotopic (exact) mass is 343 g/mol. The van der Waals surface area contributed by atoms with Crippen LogP contribution in [0.3, 0.4) is 0 Å². The zero-order valence-electron chi connectivity index (χ0n) is 14.2. The molecule has 7 nitrogen and oxygen atoms in total. The van der Waals surface area contributed by atoms with Crippen LogP contribution < -0.4 is 4.74 Å². The molecule has 2 aromatic rings. The van der Waals surface area contributed by atoms with Gasteiger partial charge in [-0.15, -0.1) is 10.2 Å². The minimum absolute atomic E-state index is 0.0222. The van der Waals surface area contributed by atoms with Crippen LogP contribution >= 0.6 is 0 Å². The normalized spacial score (nSPS) is 19.7. The van der Waals surface area contributed by atoms with Gasteiger partial charge in [0.15, 0.2) is 12.7 Å². The zero-order chi connectivity index (χ0) is 17.2. The number of carbonyl (C=O) groups excluding carboxylic acids is 1. The molecule has 1 aromatic heterocycles. The van der Waals surface area contributed by atoms with E-state index in [0.717, 1.165) is 18.6 Å². The summed E-state index contributed by atoms with van der Waals surface area (Å²) >= 11 is 0. The molecule has 2 heterocycles. The molecule has 1 aliphatic carbocycles. The Bertz CT molecular complexity index is 773. The van der Waals surface area contributed by atoms with Crippen LogP contribution in [0.4, 0.5) is 0 Å². The Kier molecular flexibility index (Phi) is 4.40. The van der Waals surface area contributed by atoms with E-state index in [1.807, 2.05) is 6.07 Å². The highest BCUT2D eigenvalue weighted by molar-refractivity contribution is 5.78. The molecular formula is C18H21N3O4. The van der Waals surface area contributed by atoms with E-state index in [1.54, 1.807) is 11.8 Å². The number of morpholine rings is 1. The second kappa shape index (κ2) is 6.84. The van der Waals surface area contributed by atoms with Gasteiger partial charge < -0.3 is 18.8 Å². The molecule has 7 heteroatoms. The van der Waals surface area contributed by atoms with Gasteiger partial charge in [0.25, 0.3) is 5.91 Å². The highest BCUT2D eigenvalue weighted by atomic mass is 16.5. The molecule has 1 atom stereocenters. The lowest BCUT2D eigenvalue weighted by atomic mass is 10.1. The topological polar surface area (TPSA) is 77.7 Å². The van der Waals surface area contributed by atoms with Crippen LogP contribution in [-0.2, 0) is 22.4 Å². The van der Waals surface area contributed by atoms with Crippen molar-refractivity contribution in [2.45, 2.75) is 32.3 Å². The summed E-state index contributed by atoms with van der Waals surface area (Å²) in [6.45, 7) is 3.13. The largest absolute Gasteiger partial charge is 0.484 e. The molecule has 25 heavy (non-hydrogen) atoms. The van der Waals surface area contributed by atoms with E-state index in [9.17, 15) is 4.79 Å². The van der Waals surface area contributed by atoms with Crippen LogP contribution in [0, 0.1) is 6.92 Å². The highest BCUT2D eigenvalue weighted by Gasteiger charge is 2.29. The molecule has 1 fully saturated rings. The summed E-state index contributed by atoms with van der Waals surface area (Å²) in [5.41, 5.74) is 2.73. The Hall–Kier alpha value is -2.41. The summed E-state index contributed by atoms with van der Waals surface area (Å²) < 4.78 is 16.8. The summed E-state index contributed by atoms with van der Waals surface area (Å²) in [7, 11) is 0. The standard InChI is InChI=1S/C18H21N3O4/c1-12-19-20-18(25-12)16-10-21(7-8-23-16)17(22)11-24-15-6-5-13-3-2-4-14(13)9-15/h5-6,9,16H,2-4,7-8,10-11H2,1H3/t16-/m0/s1. The number of aromatic nitrogens is 2. The van der Waals surface area contributed by atoms with Crippen LogP contribution in [0.2, 0.25) is 0 Å². The number of aryl methyl sites for hydroxylation is 3. The number of hydrogen-bond donors (Lipinski definition) is 0. The zero-order valence-corrected chi connectivity index (χ0v) is 14.2. The molecule has 0 radical (unpaired) electrons. The van der Waals surface area contributed by atoms with E-state index in [0.29, 0.717) is 31.5 Å². The van der Waals surface area contributed by atoms with E-state index in [2.05, 4.69) is 22.3 Å². The SMILES string of the molecule is Cc1nnc([C@@H]2CN(C(=O)COc3ccc4c(c3)CCC4)CCO2)o1. The molecule has 1 aromatic carbocycles. The predicted molar refractivity (Wildman–Crippen MR) is 88.3 cm³/mol. The Balaban J connectivity index is 1.34. The van der Waals surface area contributed by atoms with Gasteiger partial charge in [0.2, 0.25) is 11.8 Å². The van der Waals surface area contributed by atoms with Crippen molar-refractivity contribution in [3.8, 4) is 5.75 Å². The second-order valence-corrected chi connectivity index (χ2v) is 6.43. The summed E-state index contributed by atoms with van der Waals surface area (Å²) in [6, 6.07) is 6.10. The first-order chi connectivity index (χ1) is 12.2. The minimum atomic E-state index is -0.376. The number of ether oxygens (including phenoxy) is 2. The summed E-state index contributed by atoms with van der Waals surface area (Å²) in [6.07, 6.45) is 3.05. The Morgan fingerprint density at radius 1 is 1.32 bits per heavy atom. The first-order valence-electron chi connectivity index (χ1n) is 8.63. The molecule has 0 N–H and O–H groups in total. The van der Waals surface area contributed by atoms with Gasteiger partial charge in [-0.3, -0.25) is 4.79 Å². The number of benzene rings is 1. The van der Waals surface area contributed by atoms with Gasteiger partial charge in [0, 0.05) is 13.5 Å². The summed E-state index contributed by atoms with van der Waals surface area (Å²) in [5, 5.41) is 7.79. The number of nitrogens with zero attached hydrogens (tertiary/aromatic N) is 3. The average molecular weight is 343 g/mol. The average Bonchev–Trinajstić information content (AvgIpc) is 3.28. The number of fused-ring (bicyclic) bond motifs is 1. The smallest absolute Gasteiger partial charge is 0.260 e.